The van der Waals surface area contributed by atoms with Crippen LogP contribution in [-0.2, 0) is 6.54 Å². The molecule has 0 aromatic heterocycles. The third-order valence-electron chi connectivity index (χ3n) is 2.30. The maximum Gasteiger partial charge on any atom is 0.137 e. The minimum atomic E-state index is -0.330. The van der Waals surface area contributed by atoms with Gasteiger partial charge in [-0.15, -0.1) is 0 Å². The highest BCUT2D eigenvalue weighted by atomic mass is 32.2. The third kappa shape index (κ3) is 2.84. The summed E-state index contributed by atoms with van der Waals surface area (Å²) in [7, 11) is 0. The van der Waals surface area contributed by atoms with E-state index in [1.54, 1.807) is 24.3 Å². The molecule has 1 nitrogen and oxygen atoms in total. The first-order chi connectivity index (χ1) is 8.20. The Balaban J connectivity index is 2.33. The molecule has 0 radical (unpaired) electrons. The first kappa shape index (κ1) is 12.1. The van der Waals surface area contributed by atoms with Gasteiger partial charge in [0.15, 0.2) is 0 Å². The minimum Gasteiger partial charge on any atom is -0.326 e. The van der Waals surface area contributed by atoms with Gasteiger partial charge in [-0.25, -0.2) is 8.78 Å². The maximum absolute atomic E-state index is 13.5. The molecule has 0 heterocycles. The molecule has 0 saturated heterocycles. The first-order valence-corrected chi connectivity index (χ1v) is 5.93. The zero-order chi connectivity index (χ0) is 12.3. The molecule has 0 aliphatic heterocycles. The molecular weight excluding hydrogens is 240 g/mol. The van der Waals surface area contributed by atoms with E-state index < -0.39 is 0 Å². The second-order valence-electron chi connectivity index (χ2n) is 3.49. The summed E-state index contributed by atoms with van der Waals surface area (Å²) in [5.41, 5.74) is 6.22. The molecule has 4 heteroatoms. The monoisotopic (exact) mass is 251 g/mol. The molecule has 0 amide bonds. The van der Waals surface area contributed by atoms with Crippen LogP contribution in [0.3, 0.4) is 0 Å². The van der Waals surface area contributed by atoms with Crippen LogP contribution in [0.15, 0.2) is 52.3 Å². The van der Waals surface area contributed by atoms with Crippen LogP contribution in [0.1, 0.15) is 5.56 Å². The Kier molecular flexibility index (Phi) is 3.76. The van der Waals surface area contributed by atoms with E-state index in [0.717, 1.165) is 4.90 Å². The van der Waals surface area contributed by atoms with Crippen molar-refractivity contribution in [2.24, 2.45) is 5.73 Å². The van der Waals surface area contributed by atoms with E-state index >= 15 is 0 Å². The molecule has 2 aromatic rings. The molecule has 0 spiro atoms. The molecule has 2 rings (SSSR count). The van der Waals surface area contributed by atoms with Crippen molar-refractivity contribution in [1.29, 1.82) is 0 Å². The Morgan fingerprint density at radius 1 is 1.00 bits per heavy atom. The molecule has 0 bridgehead atoms. The van der Waals surface area contributed by atoms with Crippen LogP contribution in [-0.4, -0.2) is 0 Å². The summed E-state index contributed by atoms with van der Waals surface area (Å²) in [6.45, 7) is 0.231. The molecule has 0 aliphatic rings. The lowest BCUT2D eigenvalue weighted by atomic mass is 10.2. The van der Waals surface area contributed by atoms with E-state index in [4.69, 9.17) is 5.73 Å². The number of benzene rings is 2. The lowest BCUT2D eigenvalue weighted by Gasteiger charge is -2.08. The Bertz CT molecular complexity index is 529. The lowest BCUT2D eigenvalue weighted by Crippen LogP contribution is -1.99. The minimum absolute atomic E-state index is 0.231. The number of nitrogens with two attached hydrogens (primary N) is 1. The van der Waals surface area contributed by atoms with Gasteiger partial charge >= 0.3 is 0 Å². The van der Waals surface area contributed by atoms with Gasteiger partial charge in [-0.1, -0.05) is 23.9 Å². The second kappa shape index (κ2) is 5.29. The van der Waals surface area contributed by atoms with Crippen LogP contribution < -0.4 is 5.73 Å². The number of rotatable bonds is 3. The van der Waals surface area contributed by atoms with Crippen molar-refractivity contribution in [2.45, 2.75) is 16.3 Å². The summed E-state index contributed by atoms with van der Waals surface area (Å²) < 4.78 is 26.5. The fourth-order valence-electron chi connectivity index (χ4n) is 1.45. The Morgan fingerprint density at radius 3 is 2.47 bits per heavy atom. The SMILES string of the molecule is NCc1cc(F)ccc1Sc1ccccc1F. The summed E-state index contributed by atoms with van der Waals surface area (Å²) >= 11 is 1.25. The van der Waals surface area contributed by atoms with E-state index in [1.165, 1.54) is 30.0 Å². The van der Waals surface area contributed by atoms with Crippen molar-refractivity contribution in [2.75, 3.05) is 0 Å². The molecule has 17 heavy (non-hydrogen) atoms. The molecule has 2 aromatic carbocycles. The largest absolute Gasteiger partial charge is 0.326 e. The second-order valence-corrected chi connectivity index (χ2v) is 4.57. The highest BCUT2D eigenvalue weighted by Gasteiger charge is 2.07. The van der Waals surface area contributed by atoms with Crippen molar-refractivity contribution in [3.8, 4) is 0 Å². The van der Waals surface area contributed by atoms with Crippen molar-refractivity contribution in [1.82, 2.24) is 0 Å². The number of halogens is 2. The summed E-state index contributed by atoms with van der Waals surface area (Å²) in [5, 5.41) is 0. The molecular formula is C13H11F2NS. The molecule has 0 saturated carbocycles. The number of hydrogen-bond acceptors (Lipinski definition) is 2. The van der Waals surface area contributed by atoms with Gasteiger partial charge in [-0.05, 0) is 35.9 Å². The summed E-state index contributed by atoms with van der Waals surface area (Å²) in [5.74, 6) is -0.617. The van der Waals surface area contributed by atoms with Crippen LogP contribution in [0.4, 0.5) is 8.78 Å². The van der Waals surface area contributed by atoms with Gasteiger partial charge in [0.1, 0.15) is 11.6 Å². The van der Waals surface area contributed by atoms with Crippen molar-refractivity contribution in [3.05, 3.63) is 59.7 Å². The predicted molar refractivity (Wildman–Crippen MR) is 64.8 cm³/mol. The van der Waals surface area contributed by atoms with Crippen LogP contribution in [0.2, 0.25) is 0 Å². The Hall–Kier alpha value is -1.39. The van der Waals surface area contributed by atoms with Gasteiger partial charge in [0.2, 0.25) is 0 Å². The Labute approximate surface area is 103 Å². The molecule has 0 atom stereocenters. The van der Waals surface area contributed by atoms with E-state index in [9.17, 15) is 8.78 Å². The quantitative estimate of drug-likeness (QED) is 0.902. The van der Waals surface area contributed by atoms with Gasteiger partial charge in [-0.2, -0.15) is 0 Å². The van der Waals surface area contributed by atoms with E-state index in [1.807, 2.05) is 0 Å². The normalized spacial score (nSPS) is 10.5. The van der Waals surface area contributed by atoms with E-state index in [0.29, 0.717) is 10.5 Å². The fraction of sp³-hybridized carbons (Fsp3) is 0.0769. The zero-order valence-electron chi connectivity index (χ0n) is 8.99. The third-order valence-corrected chi connectivity index (χ3v) is 3.47. The van der Waals surface area contributed by atoms with Crippen LogP contribution in [0, 0.1) is 11.6 Å². The van der Waals surface area contributed by atoms with Crippen LogP contribution in [0.25, 0.3) is 0 Å². The van der Waals surface area contributed by atoms with E-state index in [2.05, 4.69) is 0 Å². The van der Waals surface area contributed by atoms with Crippen LogP contribution >= 0.6 is 11.8 Å². The van der Waals surface area contributed by atoms with Crippen molar-refractivity contribution >= 4 is 11.8 Å². The van der Waals surface area contributed by atoms with Gasteiger partial charge in [0.25, 0.3) is 0 Å². The molecule has 0 aliphatic carbocycles. The molecule has 0 fully saturated rings. The van der Waals surface area contributed by atoms with Crippen LogP contribution in [0.5, 0.6) is 0 Å². The molecule has 2 N–H and O–H groups in total. The van der Waals surface area contributed by atoms with Crippen molar-refractivity contribution < 1.29 is 8.78 Å². The van der Waals surface area contributed by atoms with Gasteiger partial charge in [0.05, 0.1) is 0 Å². The average Bonchev–Trinajstić information content (AvgIpc) is 2.34. The highest BCUT2D eigenvalue weighted by Crippen LogP contribution is 2.32. The molecule has 88 valence electrons. The topological polar surface area (TPSA) is 26.0 Å². The van der Waals surface area contributed by atoms with Gasteiger partial charge in [-0.3, -0.25) is 0 Å². The summed E-state index contributed by atoms with van der Waals surface area (Å²) in [4.78, 5) is 1.29. The number of hydrogen-bond donors (Lipinski definition) is 1. The standard InChI is InChI=1S/C13H11F2NS/c14-10-5-6-12(9(7-10)8-16)17-13-4-2-1-3-11(13)15/h1-7H,8,16H2. The summed E-state index contributed by atoms with van der Waals surface area (Å²) in [6, 6.07) is 10.8. The van der Waals surface area contributed by atoms with Gasteiger partial charge in [0, 0.05) is 16.3 Å². The lowest BCUT2D eigenvalue weighted by molar-refractivity contribution is 0.602. The van der Waals surface area contributed by atoms with E-state index in [-0.39, 0.29) is 18.2 Å². The predicted octanol–water partition coefficient (Wildman–Crippen LogP) is 3.57. The zero-order valence-corrected chi connectivity index (χ0v) is 9.81. The first-order valence-electron chi connectivity index (χ1n) is 5.11. The summed E-state index contributed by atoms with van der Waals surface area (Å²) in [6.07, 6.45) is 0. The molecule has 0 unspecified atom stereocenters. The smallest absolute Gasteiger partial charge is 0.137 e. The van der Waals surface area contributed by atoms with Crippen molar-refractivity contribution in [3.63, 3.8) is 0 Å². The highest BCUT2D eigenvalue weighted by molar-refractivity contribution is 7.99. The average molecular weight is 251 g/mol. The Morgan fingerprint density at radius 2 is 1.76 bits per heavy atom. The maximum atomic E-state index is 13.5. The van der Waals surface area contributed by atoms with Gasteiger partial charge < -0.3 is 5.73 Å². The fourth-order valence-corrected chi connectivity index (χ4v) is 2.41.